The van der Waals surface area contributed by atoms with Crippen LogP contribution in [0.3, 0.4) is 0 Å². The Balaban J connectivity index is 1.84. The molecule has 0 bridgehead atoms. The number of aromatic nitrogens is 3. The van der Waals surface area contributed by atoms with Crippen molar-refractivity contribution in [2.75, 3.05) is 13.1 Å². The van der Waals surface area contributed by atoms with E-state index in [0.29, 0.717) is 12.5 Å². The molecule has 1 amide bonds. The minimum Gasteiger partial charge on any atom is -0.341 e. The first kappa shape index (κ1) is 15.9. The van der Waals surface area contributed by atoms with Gasteiger partial charge in [0.15, 0.2) is 0 Å². The molecule has 1 saturated heterocycles. The molecular formula is C15H27N5O. The van der Waals surface area contributed by atoms with Gasteiger partial charge in [0.2, 0.25) is 5.91 Å². The number of piperidine rings is 1. The first-order valence-corrected chi connectivity index (χ1v) is 7.96. The zero-order valence-corrected chi connectivity index (χ0v) is 13.4. The van der Waals surface area contributed by atoms with E-state index in [1.807, 2.05) is 16.5 Å². The van der Waals surface area contributed by atoms with Crippen molar-refractivity contribution < 1.29 is 4.79 Å². The van der Waals surface area contributed by atoms with Crippen molar-refractivity contribution in [2.45, 2.75) is 59.2 Å². The number of carbonyl (C=O) groups is 1. The predicted molar refractivity (Wildman–Crippen MR) is 81.6 cm³/mol. The van der Waals surface area contributed by atoms with Crippen molar-refractivity contribution in [3.05, 3.63) is 12.2 Å². The molecule has 1 aliphatic rings. The molecule has 2 rings (SSSR count). The first-order valence-electron chi connectivity index (χ1n) is 7.96. The van der Waals surface area contributed by atoms with Crippen molar-refractivity contribution in [3.8, 4) is 0 Å². The number of hydrogen-bond donors (Lipinski definition) is 1. The Morgan fingerprint density at radius 2 is 2.00 bits per heavy atom. The van der Waals surface area contributed by atoms with Gasteiger partial charge in [0, 0.05) is 19.6 Å². The Bertz CT molecular complexity index is 451. The summed E-state index contributed by atoms with van der Waals surface area (Å²) in [6, 6.07) is -0.174. The maximum atomic E-state index is 12.3. The predicted octanol–water partition coefficient (Wildman–Crippen LogP) is 1.42. The molecule has 0 aromatic carbocycles. The van der Waals surface area contributed by atoms with Crippen LogP contribution in [0, 0.1) is 5.92 Å². The molecule has 1 aromatic heterocycles. The summed E-state index contributed by atoms with van der Waals surface area (Å²) in [7, 11) is 0. The Morgan fingerprint density at radius 1 is 1.29 bits per heavy atom. The number of rotatable bonds is 6. The zero-order chi connectivity index (χ0) is 15.2. The smallest absolute Gasteiger partial charge is 0.239 e. The van der Waals surface area contributed by atoms with Crippen LogP contribution in [0.4, 0.5) is 0 Å². The minimum atomic E-state index is -0.174. The van der Waals surface area contributed by atoms with Crippen molar-refractivity contribution in [3.63, 3.8) is 0 Å². The van der Waals surface area contributed by atoms with E-state index in [1.165, 1.54) is 6.42 Å². The molecule has 21 heavy (non-hydrogen) atoms. The summed E-state index contributed by atoms with van der Waals surface area (Å²) in [4.78, 5) is 18.6. The van der Waals surface area contributed by atoms with Gasteiger partial charge in [0.05, 0.1) is 12.6 Å². The van der Waals surface area contributed by atoms with Gasteiger partial charge in [-0.25, -0.2) is 9.67 Å². The second-order valence-corrected chi connectivity index (χ2v) is 6.24. The lowest BCUT2D eigenvalue weighted by Gasteiger charge is -2.29. The minimum absolute atomic E-state index is 0.174. The SMILES string of the molecule is CC(C)Cn1ncnc1CNC(C)C(=O)N1CCCCC1. The summed E-state index contributed by atoms with van der Waals surface area (Å²) in [6.45, 7) is 9.46. The van der Waals surface area contributed by atoms with Gasteiger partial charge < -0.3 is 4.90 Å². The highest BCUT2D eigenvalue weighted by Crippen LogP contribution is 2.10. The highest BCUT2D eigenvalue weighted by atomic mass is 16.2. The van der Waals surface area contributed by atoms with Gasteiger partial charge in [-0.05, 0) is 32.1 Å². The normalized spacial score (nSPS) is 17.2. The standard InChI is InChI=1S/C15H27N5O/c1-12(2)10-20-14(17-11-18-20)9-16-13(3)15(21)19-7-5-4-6-8-19/h11-13,16H,4-10H2,1-3H3. The second kappa shape index (κ2) is 7.54. The van der Waals surface area contributed by atoms with E-state index in [2.05, 4.69) is 29.2 Å². The Kier molecular flexibility index (Phi) is 5.73. The lowest BCUT2D eigenvalue weighted by Crippen LogP contribution is -2.46. The number of hydrogen-bond acceptors (Lipinski definition) is 4. The van der Waals surface area contributed by atoms with Crippen molar-refractivity contribution in [1.29, 1.82) is 0 Å². The molecule has 118 valence electrons. The van der Waals surface area contributed by atoms with Gasteiger partial charge in [-0.1, -0.05) is 13.8 Å². The van der Waals surface area contributed by atoms with Gasteiger partial charge in [-0.15, -0.1) is 0 Å². The van der Waals surface area contributed by atoms with E-state index >= 15 is 0 Å². The maximum absolute atomic E-state index is 12.3. The molecule has 1 fully saturated rings. The molecule has 1 aliphatic heterocycles. The van der Waals surface area contributed by atoms with Gasteiger partial charge in [-0.3, -0.25) is 10.1 Å². The summed E-state index contributed by atoms with van der Waals surface area (Å²) in [5, 5.41) is 7.52. The lowest BCUT2D eigenvalue weighted by atomic mass is 10.1. The van der Waals surface area contributed by atoms with Crippen LogP contribution in [0.15, 0.2) is 6.33 Å². The second-order valence-electron chi connectivity index (χ2n) is 6.24. The summed E-state index contributed by atoms with van der Waals surface area (Å²) in [6.07, 6.45) is 5.07. The molecule has 1 unspecified atom stereocenters. The van der Waals surface area contributed by atoms with Gasteiger partial charge in [-0.2, -0.15) is 5.10 Å². The first-order chi connectivity index (χ1) is 10.1. The molecule has 0 spiro atoms. The largest absolute Gasteiger partial charge is 0.341 e. The monoisotopic (exact) mass is 293 g/mol. The fraction of sp³-hybridized carbons (Fsp3) is 0.800. The van der Waals surface area contributed by atoms with Crippen molar-refractivity contribution >= 4 is 5.91 Å². The molecule has 1 atom stereocenters. The summed E-state index contributed by atoms with van der Waals surface area (Å²) >= 11 is 0. The van der Waals surface area contributed by atoms with Crippen LogP contribution < -0.4 is 5.32 Å². The molecule has 1 N–H and O–H groups in total. The van der Waals surface area contributed by atoms with Gasteiger partial charge >= 0.3 is 0 Å². The Labute approximate surface area is 126 Å². The zero-order valence-electron chi connectivity index (χ0n) is 13.4. The topological polar surface area (TPSA) is 63.1 Å². The van der Waals surface area contributed by atoms with E-state index in [9.17, 15) is 4.79 Å². The number of carbonyl (C=O) groups excluding carboxylic acids is 1. The third kappa shape index (κ3) is 4.52. The van der Waals surface area contributed by atoms with Crippen LogP contribution in [0.25, 0.3) is 0 Å². The van der Waals surface area contributed by atoms with Gasteiger partial charge in [0.1, 0.15) is 12.2 Å². The quantitative estimate of drug-likeness (QED) is 0.862. The summed E-state index contributed by atoms with van der Waals surface area (Å²) < 4.78 is 1.91. The maximum Gasteiger partial charge on any atom is 0.239 e. The average molecular weight is 293 g/mol. The van der Waals surface area contributed by atoms with Crippen LogP contribution in [0.5, 0.6) is 0 Å². The molecule has 6 nitrogen and oxygen atoms in total. The van der Waals surface area contributed by atoms with Crippen molar-refractivity contribution in [1.82, 2.24) is 25.0 Å². The van der Waals surface area contributed by atoms with Crippen LogP contribution in [0.2, 0.25) is 0 Å². The third-order valence-electron chi connectivity index (χ3n) is 3.84. The number of likely N-dealkylation sites (tertiary alicyclic amines) is 1. The van der Waals surface area contributed by atoms with Crippen LogP contribution >= 0.6 is 0 Å². The number of nitrogens with one attached hydrogen (secondary N) is 1. The Hall–Kier alpha value is -1.43. The fourth-order valence-corrected chi connectivity index (χ4v) is 2.64. The highest BCUT2D eigenvalue weighted by molar-refractivity contribution is 5.81. The van der Waals surface area contributed by atoms with E-state index < -0.39 is 0 Å². The van der Waals surface area contributed by atoms with Crippen LogP contribution in [0.1, 0.15) is 45.9 Å². The molecule has 0 aliphatic carbocycles. The van der Waals surface area contributed by atoms with Crippen LogP contribution in [-0.2, 0) is 17.9 Å². The van der Waals surface area contributed by atoms with E-state index in [4.69, 9.17) is 0 Å². The molecule has 0 radical (unpaired) electrons. The van der Waals surface area contributed by atoms with E-state index in [1.54, 1.807) is 6.33 Å². The average Bonchev–Trinajstić information content (AvgIpc) is 2.91. The van der Waals surface area contributed by atoms with Crippen molar-refractivity contribution in [2.24, 2.45) is 5.92 Å². The third-order valence-corrected chi connectivity index (χ3v) is 3.84. The van der Waals surface area contributed by atoms with E-state index in [-0.39, 0.29) is 11.9 Å². The summed E-state index contributed by atoms with van der Waals surface area (Å²) in [5.74, 6) is 1.62. The summed E-state index contributed by atoms with van der Waals surface area (Å²) in [5.41, 5.74) is 0. The molecular weight excluding hydrogens is 266 g/mol. The fourth-order valence-electron chi connectivity index (χ4n) is 2.64. The van der Waals surface area contributed by atoms with E-state index in [0.717, 1.165) is 38.3 Å². The molecule has 1 aromatic rings. The van der Waals surface area contributed by atoms with Gasteiger partial charge in [0.25, 0.3) is 0 Å². The lowest BCUT2D eigenvalue weighted by molar-refractivity contribution is -0.134. The van der Waals surface area contributed by atoms with Crippen LogP contribution in [-0.4, -0.2) is 44.7 Å². The number of amides is 1. The molecule has 2 heterocycles. The molecule has 6 heteroatoms. The Morgan fingerprint density at radius 3 is 2.67 bits per heavy atom. The molecule has 0 saturated carbocycles. The number of nitrogens with zero attached hydrogens (tertiary/aromatic N) is 4. The highest BCUT2D eigenvalue weighted by Gasteiger charge is 2.22.